The van der Waals surface area contributed by atoms with Crippen molar-refractivity contribution in [3.63, 3.8) is 0 Å². The van der Waals surface area contributed by atoms with Gasteiger partial charge in [0, 0.05) is 6.61 Å². The largest absolute Gasteiger partial charge is 0.391 e. The van der Waals surface area contributed by atoms with Crippen LogP contribution in [0.15, 0.2) is 0 Å². The van der Waals surface area contributed by atoms with Crippen LogP contribution < -0.4 is 6.15 Å². The quantitative estimate of drug-likeness (QED) is 0.482. The molecule has 0 unspecified atom stereocenters. The average molecular weight is 119 g/mol. The van der Waals surface area contributed by atoms with Gasteiger partial charge in [0.05, 0.1) is 12.7 Å². The first kappa shape index (κ1) is 7.88. The summed E-state index contributed by atoms with van der Waals surface area (Å²) in [6.07, 6.45) is 1.75. The highest BCUT2D eigenvalue weighted by Gasteiger charge is 2.07. The maximum absolute atomic E-state index is 8.78. The molecule has 0 saturated carbocycles. The van der Waals surface area contributed by atoms with Crippen molar-refractivity contribution >= 4 is 0 Å². The second kappa shape index (κ2) is 3.83. The van der Waals surface area contributed by atoms with Crippen LogP contribution in [0.3, 0.4) is 0 Å². The van der Waals surface area contributed by atoms with E-state index in [-0.39, 0.29) is 12.3 Å². The van der Waals surface area contributed by atoms with Crippen LogP contribution in [0.1, 0.15) is 12.8 Å². The Balaban J connectivity index is 0.000000490. The molecule has 1 aliphatic heterocycles. The van der Waals surface area contributed by atoms with Gasteiger partial charge in [0.1, 0.15) is 0 Å². The van der Waals surface area contributed by atoms with Crippen LogP contribution in [0.2, 0.25) is 0 Å². The van der Waals surface area contributed by atoms with E-state index >= 15 is 0 Å². The zero-order valence-electron chi connectivity index (χ0n) is 4.97. The summed E-state index contributed by atoms with van der Waals surface area (Å²) in [6, 6.07) is 0. The smallest absolute Gasteiger partial charge is 0.0774 e. The lowest BCUT2D eigenvalue weighted by molar-refractivity contribution is -0.00535. The third-order valence-electron chi connectivity index (χ3n) is 1.14. The Bertz CT molecular complexity index is 52.4. The molecule has 0 aromatic heterocycles. The van der Waals surface area contributed by atoms with Gasteiger partial charge >= 0.3 is 0 Å². The molecule has 50 valence electrons. The highest BCUT2D eigenvalue weighted by atomic mass is 16.5. The average Bonchev–Trinajstić information content (AvgIpc) is 1.69. The zero-order chi connectivity index (χ0) is 5.11. The van der Waals surface area contributed by atoms with Gasteiger partial charge in [-0.15, -0.1) is 0 Å². The zero-order valence-corrected chi connectivity index (χ0v) is 4.97. The molecule has 1 aliphatic rings. The maximum Gasteiger partial charge on any atom is 0.0774 e. The first-order valence-corrected chi connectivity index (χ1v) is 2.65. The molecule has 1 fully saturated rings. The van der Waals surface area contributed by atoms with E-state index in [4.69, 9.17) is 9.84 Å². The Labute approximate surface area is 49.2 Å². The molecule has 1 rings (SSSR count). The summed E-state index contributed by atoms with van der Waals surface area (Å²) in [5.74, 6) is 0. The molecular weight excluding hydrogens is 106 g/mol. The first-order chi connectivity index (χ1) is 3.39. The summed E-state index contributed by atoms with van der Waals surface area (Å²) in [5, 5.41) is 8.78. The van der Waals surface area contributed by atoms with E-state index < -0.39 is 0 Å². The Morgan fingerprint density at radius 3 is 2.50 bits per heavy atom. The van der Waals surface area contributed by atoms with Crippen molar-refractivity contribution < 1.29 is 9.84 Å². The van der Waals surface area contributed by atoms with Crippen molar-refractivity contribution in [1.82, 2.24) is 6.15 Å². The number of aliphatic hydroxyl groups excluding tert-OH is 1. The lowest BCUT2D eigenvalue weighted by Crippen LogP contribution is -2.21. The minimum atomic E-state index is -0.186. The van der Waals surface area contributed by atoms with Gasteiger partial charge in [-0.1, -0.05) is 0 Å². The van der Waals surface area contributed by atoms with E-state index in [9.17, 15) is 0 Å². The fourth-order valence-electron chi connectivity index (χ4n) is 0.724. The van der Waals surface area contributed by atoms with Crippen LogP contribution in [0.5, 0.6) is 0 Å². The van der Waals surface area contributed by atoms with Crippen molar-refractivity contribution in [2.24, 2.45) is 0 Å². The van der Waals surface area contributed by atoms with E-state index in [1.165, 1.54) is 0 Å². The topological polar surface area (TPSA) is 64.5 Å². The van der Waals surface area contributed by atoms with Crippen LogP contribution in [0.4, 0.5) is 0 Å². The number of ether oxygens (including phenoxy) is 1. The summed E-state index contributed by atoms with van der Waals surface area (Å²) in [7, 11) is 0. The van der Waals surface area contributed by atoms with Gasteiger partial charge in [-0.05, 0) is 12.8 Å². The SMILES string of the molecule is N.O[C@H]1CCCOC1. The third-order valence-corrected chi connectivity index (χ3v) is 1.14. The van der Waals surface area contributed by atoms with Crippen LogP contribution in [0, 0.1) is 0 Å². The second-order valence-corrected chi connectivity index (χ2v) is 1.87. The molecule has 8 heavy (non-hydrogen) atoms. The normalized spacial score (nSPS) is 28.9. The van der Waals surface area contributed by atoms with Gasteiger partial charge in [0.15, 0.2) is 0 Å². The van der Waals surface area contributed by atoms with Gasteiger partial charge < -0.3 is 16.0 Å². The molecule has 0 aromatic rings. The molecule has 3 heteroatoms. The predicted molar refractivity (Wildman–Crippen MR) is 31.1 cm³/mol. The van der Waals surface area contributed by atoms with Crippen LogP contribution in [-0.2, 0) is 4.74 Å². The second-order valence-electron chi connectivity index (χ2n) is 1.87. The van der Waals surface area contributed by atoms with Crippen molar-refractivity contribution in [3.05, 3.63) is 0 Å². The molecular formula is C5H13NO2. The molecule has 1 saturated heterocycles. The predicted octanol–water partition coefficient (Wildman–Crippen LogP) is 0.320. The number of aliphatic hydroxyl groups is 1. The van der Waals surface area contributed by atoms with Gasteiger partial charge in [0.25, 0.3) is 0 Å². The molecule has 1 heterocycles. The fraction of sp³-hybridized carbons (Fsp3) is 1.00. The number of rotatable bonds is 0. The molecule has 0 aromatic carbocycles. The molecule has 0 amide bonds. The molecule has 0 aliphatic carbocycles. The van der Waals surface area contributed by atoms with Crippen LogP contribution >= 0.6 is 0 Å². The standard InChI is InChI=1S/C5H10O2.H3N/c6-5-2-1-3-7-4-5;/h5-6H,1-4H2;1H3/t5-;/m0./s1. The van der Waals surface area contributed by atoms with E-state index in [0.717, 1.165) is 19.4 Å². The lowest BCUT2D eigenvalue weighted by atomic mass is 10.2. The van der Waals surface area contributed by atoms with Crippen molar-refractivity contribution in [3.8, 4) is 0 Å². The Kier molecular flexibility index (Phi) is 3.77. The van der Waals surface area contributed by atoms with Crippen molar-refractivity contribution in [2.75, 3.05) is 13.2 Å². The summed E-state index contributed by atoms with van der Waals surface area (Å²) in [4.78, 5) is 0. The lowest BCUT2D eigenvalue weighted by Gasteiger charge is -2.15. The van der Waals surface area contributed by atoms with Gasteiger partial charge in [-0.3, -0.25) is 0 Å². The Morgan fingerprint density at radius 2 is 2.25 bits per heavy atom. The van der Waals surface area contributed by atoms with Gasteiger partial charge in [-0.25, -0.2) is 0 Å². The summed E-state index contributed by atoms with van der Waals surface area (Å²) < 4.78 is 4.93. The monoisotopic (exact) mass is 119 g/mol. The summed E-state index contributed by atoms with van der Waals surface area (Å²) in [6.45, 7) is 1.37. The van der Waals surface area contributed by atoms with Gasteiger partial charge in [-0.2, -0.15) is 0 Å². The first-order valence-electron chi connectivity index (χ1n) is 2.65. The number of hydrogen-bond donors (Lipinski definition) is 2. The summed E-state index contributed by atoms with van der Waals surface area (Å²) in [5.41, 5.74) is 0. The maximum atomic E-state index is 8.78. The fourth-order valence-corrected chi connectivity index (χ4v) is 0.724. The van der Waals surface area contributed by atoms with E-state index in [1.54, 1.807) is 0 Å². The Morgan fingerprint density at radius 1 is 1.50 bits per heavy atom. The highest BCUT2D eigenvalue weighted by molar-refractivity contribution is 4.57. The Hall–Kier alpha value is -0.120. The number of hydrogen-bond acceptors (Lipinski definition) is 3. The van der Waals surface area contributed by atoms with Crippen LogP contribution in [0.25, 0.3) is 0 Å². The van der Waals surface area contributed by atoms with Crippen molar-refractivity contribution in [1.29, 1.82) is 0 Å². The minimum Gasteiger partial charge on any atom is -0.391 e. The van der Waals surface area contributed by atoms with E-state index in [1.807, 2.05) is 0 Å². The minimum absolute atomic E-state index is 0. The molecule has 4 N–H and O–H groups in total. The van der Waals surface area contributed by atoms with Crippen molar-refractivity contribution in [2.45, 2.75) is 18.9 Å². The van der Waals surface area contributed by atoms with E-state index in [0.29, 0.717) is 6.61 Å². The van der Waals surface area contributed by atoms with Gasteiger partial charge in [0.2, 0.25) is 0 Å². The molecule has 0 radical (unpaired) electrons. The van der Waals surface area contributed by atoms with Crippen LogP contribution in [-0.4, -0.2) is 24.4 Å². The molecule has 3 nitrogen and oxygen atoms in total. The molecule has 0 spiro atoms. The molecule has 1 atom stereocenters. The summed E-state index contributed by atoms with van der Waals surface area (Å²) >= 11 is 0. The highest BCUT2D eigenvalue weighted by Crippen LogP contribution is 2.03. The van der Waals surface area contributed by atoms with E-state index in [2.05, 4.69) is 0 Å². The third kappa shape index (κ3) is 2.26. The molecule has 0 bridgehead atoms.